The first-order valence-electron chi connectivity index (χ1n) is 7.40. The van der Waals surface area contributed by atoms with Crippen molar-refractivity contribution in [2.75, 3.05) is 33.9 Å². The SMILES string of the molecule is CN=C(NCC1CCOCC1)N(C)Cc1cc(Br)cn1C. The largest absolute Gasteiger partial charge is 0.381 e. The maximum atomic E-state index is 5.40. The highest BCUT2D eigenvalue weighted by molar-refractivity contribution is 9.10. The number of aromatic nitrogens is 1. The molecule has 0 aromatic carbocycles. The Bertz CT molecular complexity index is 480. The maximum absolute atomic E-state index is 5.40. The number of nitrogens with zero attached hydrogens (tertiary/aromatic N) is 3. The quantitative estimate of drug-likeness (QED) is 0.664. The minimum absolute atomic E-state index is 0.688. The van der Waals surface area contributed by atoms with Crippen LogP contribution in [0.5, 0.6) is 0 Å². The molecule has 1 fully saturated rings. The van der Waals surface area contributed by atoms with Crippen molar-refractivity contribution in [3.05, 3.63) is 22.4 Å². The fraction of sp³-hybridized carbons (Fsp3) is 0.667. The first-order chi connectivity index (χ1) is 10.1. The van der Waals surface area contributed by atoms with Crippen LogP contribution in [0.2, 0.25) is 0 Å². The first kappa shape index (κ1) is 16.4. The van der Waals surface area contributed by atoms with E-state index in [1.165, 1.54) is 5.69 Å². The van der Waals surface area contributed by atoms with Gasteiger partial charge in [-0.15, -0.1) is 0 Å². The zero-order valence-electron chi connectivity index (χ0n) is 13.1. The number of aliphatic imine (C=N–C) groups is 1. The lowest BCUT2D eigenvalue weighted by atomic mass is 10.0. The first-order valence-corrected chi connectivity index (χ1v) is 8.19. The van der Waals surface area contributed by atoms with Gasteiger partial charge in [-0.1, -0.05) is 0 Å². The fourth-order valence-electron chi connectivity index (χ4n) is 2.61. The van der Waals surface area contributed by atoms with Crippen LogP contribution in [0.4, 0.5) is 0 Å². The van der Waals surface area contributed by atoms with Crippen molar-refractivity contribution in [3.8, 4) is 0 Å². The van der Waals surface area contributed by atoms with Gasteiger partial charge in [-0.3, -0.25) is 4.99 Å². The Morgan fingerprint density at radius 2 is 2.24 bits per heavy atom. The van der Waals surface area contributed by atoms with Crippen molar-refractivity contribution in [2.24, 2.45) is 18.0 Å². The molecule has 0 spiro atoms. The van der Waals surface area contributed by atoms with E-state index >= 15 is 0 Å². The second-order valence-corrected chi connectivity index (χ2v) is 6.52. The molecule has 5 nitrogen and oxygen atoms in total. The summed E-state index contributed by atoms with van der Waals surface area (Å²) in [6, 6.07) is 2.14. The lowest BCUT2D eigenvalue weighted by Crippen LogP contribution is -2.41. The summed E-state index contributed by atoms with van der Waals surface area (Å²) in [5, 5.41) is 3.48. The Kier molecular flexibility index (Phi) is 6.11. The van der Waals surface area contributed by atoms with Crippen molar-refractivity contribution in [3.63, 3.8) is 0 Å². The van der Waals surface area contributed by atoms with E-state index in [1.54, 1.807) is 0 Å². The van der Waals surface area contributed by atoms with E-state index < -0.39 is 0 Å². The van der Waals surface area contributed by atoms with Crippen molar-refractivity contribution in [1.82, 2.24) is 14.8 Å². The zero-order chi connectivity index (χ0) is 15.2. The van der Waals surface area contributed by atoms with Gasteiger partial charge in [-0.25, -0.2) is 0 Å². The lowest BCUT2D eigenvalue weighted by molar-refractivity contribution is 0.0674. The topological polar surface area (TPSA) is 41.8 Å². The van der Waals surface area contributed by atoms with Gasteiger partial charge in [0.2, 0.25) is 0 Å². The summed E-state index contributed by atoms with van der Waals surface area (Å²) in [5.41, 5.74) is 1.25. The van der Waals surface area contributed by atoms with Gasteiger partial charge in [-0.2, -0.15) is 0 Å². The average Bonchev–Trinajstić information content (AvgIpc) is 2.78. The number of ether oxygens (including phenoxy) is 1. The second-order valence-electron chi connectivity index (χ2n) is 5.60. The molecule has 1 saturated heterocycles. The van der Waals surface area contributed by atoms with Gasteiger partial charge in [-0.05, 0) is 40.8 Å². The molecule has 118 valence electrons. The summed E-state index contributed by atoms with van der Waals surface area (Å²) in [4.78, 5) is 6.54. The molecular weight excluding hydrogens is 332 g/mol. The van der Waals surface area contributed by atoms with Crippen LogP contribution in [0.1, 0.15) is 18.5 Å². The number of hydrogen-bond acceptors (Lipinski definition) is 2. The molecule has 1 aliphatic heterocycles. The van der Waals surface area contributed by atoms with Crippen molar-refractivity contribution < 1.29 is 4.74 Å². The second kappa shape index (κ2) is 7.84. The zero-order valence-corrected chi connectivity index (χ0v) is 14.7. The minimum atomic E-state index is 0.688. The van der Waals surface area contributed by atoms with E-state index in [9.17, 15) is 0 Å². The summed E-state index contributed by atoms with van der Waals surface area (Å²) in [6.07, 6.45) is 4.35. The Labute approximate surface area is 135 Å². The molecule has 21 heavy (non-hydrogen) atoms. The molecule has 6 heteroatoms. The molecule has 0 aliphatic carbocycles. The summed E-state index contributed by atoms with van der Waals surface area (Å²) in [7, 11) is 5.97. The van der Waals surface area contributed by atoms with Gasteiger partial charge in [0, 0.05) is 57.3 Å². The van der Waals surface area contributed by atoms with Crippen LogP contribution < -0.4 is 5.32 Å². The van der Waals surface area contributed by atoms with Crippen LogP contribution in [-0.4, -0.2) is 49.3 Å². The third-order valence-electron chi connectivity index (χ3n) is 3.94. The van der Waals surface area contributed by atoms with Gasteiger partial charge in [0.05, 0.1) is 6.54 Å². The molecule has 0 radical (unpaired) electrons. The van der Waals surface area contributed by atoms with Crippen molar-refractivity contribution in [1.29, 1.82) is 0 Å². The molecule has 1 aliphatic rings. The molecule has 0 unspecified atom stereocenters. The van der Waals surface area contributed by atoms with Crippen LogP contribution in [0.15, 0.2) is 21.7 Å². The van der Waals surface area contributed by atoms with E-state index in [1.807, 2.05) is 7.05 Å². The molecule has 1 aromatic heterocycles. The molecule has 0 atom stereocenters. The third kappa shape index (κ3) is 4.74. The molecule has 2 heterocycles. The summed E-state index contributed by atoms with van der Waals surface area (Å²) in [5.74, 6) is 1.63. The highest BCUT2D eigenvalue weighted by Gasteiger charge is 2.15. The Hall–Kier alpha value is -1.01. The van der Waals surface area contributed by atoms with E-state index in [0.717, 1.165) is 49.6 Å². The van der Waals surface area contributed by atoms with Crippen molar-refractivity contribution >= 4 is 21.9 Å². The number of halogens is 1. The highest BCUT2D eigenvalue weighted by Crippen LogP contribution is 2.15. The molecule has 1 N–H and O–H groups in total. The average molecular weight is 357 g/mol. The molecule has 0 bridgehead atoms. The summed E-state index contributed by atoms with van der Waals surface area (Å²) >= 11 is 3.51. The fourth-order valence-corrected chi connectivity index (χ4v) is 3.18. The van der Waals surface area contributed by atoms with Crippen LogP contribution in [0.3, 0.4) is 0 Å². The van der Waals surface area contributed by atoms with Gasteiger partial charge >= 0.3 is 0 Å². The number of guanidine groups is 1. The lowest BCUT2D eigenvalue weighted by Gasteiger charge is -2.26. The van der Waals surface area contributed by atoms with Gasteiger partial charge in [0.1, 0.15) is 0 Å². The number of nitrogens with one attached hydrogen (secondary N) is 1. The van der Waals surface area contributed by atoms with E-state index in [0.29, 0.717) is 5.92 Å². The molecule has 0 amide bonds. The molecule has 2 rings (SSSR count). The van der Waals surface area contributed by atoms with Crippen LogP contribution in [0.25, 0.3) is 0 Å². The Morgan fingerprint density at radius 1 is 1.52 bits per heavy atom. The normalized spacial score (nSPS) is 17.0. The summed E-state index contributed by atoms with van der Waals surface area (Å²) < 4.78 is 8.64. The smallest absolute Gasteiger partial charge is 0.193 e. The van der Waals surface area contributed by atoms with Crippen molar-refractivity contribution in [2.45, 2.75) is 19.4 Å². The maximum Gasteiger partial charge on any atom is 0.193 e. The third-order valence-corrected chi connectivity index (χ3v) is 4.37. The molecule has 1 aromatic rings. The number of aryl methyl sites for hydroxylation is 1. The van der Waals surface area contributed by atoms with Gasteiger partial charge < -0.3 is 19.5 Å². The van der Waals surface area contributed by atoms with Gasteiger partial charge in [0.15, 0.2) is 5.96 Å². The highest BCUT2D eigenvalue weighted by atomic mass is 79.9. The number of hydrogen-bond donors (Lipinski definition) is 1. The molecular formula is C15H25BrN4O. The van der Waals surface area contributed by atoms with Gasteiger partial charge in [0.25, 0.3) is 0 Å². The van der Waals surface area contributed by atoms with E-state index in [-0.39, 0.29) is 0 Å². The molecule has 0 saturated carbocycles. The van der Waals surface area contributed by atoms with E-state index in [2.05, 4.69) is 62.1 Å². The standard InChI is InChI=1S/C15H25BrN4O/c1-17-15(18-9-12-4-6-21-7-5-12)20(3)11-14-8-13(16)10-19(14)2/h8,10,12H,4-7,9,11H2,1-3H3,(H,17,18). The van der Waals surface area contributed by atoms with Crippen LogP contribution >= 0.6 is 15.9 Å². The van der Waals surface area contributed by atoms with Crippen LogP contribution in [0, 0.1) is 5.92 Å². The Morgan fingerprint density at radius 3 is 2.81 bits per heavy atom. The summed E-state index contributed by atoms with van der Waals surface area (Å²) in [6.45, 7) is 3.57. The minimum Gasteiger partial charge on any atom is -0.381 e. The number of rotatable bonds is 4. The monoisotopic (exact) mass is 356 g/mol. The predicted molar refractivity (Wildman–Crippen MR) is 89.5 cm³/mol. The van der Waals surface area contributed by atoms with E-state index in [4.69, 9.17) is 4.74 Å². The Balaban J connectivity index is 1.86. The van der Waals surface area contributed by atoms with Crippen LogP contribution in [-0.2, 0) is 18.3 Å². The predicted octanol–water partition coefficient (Wildman–Crippen LogP) is 2.22.